The second kappa shape index (κ2) is 7.36. The predicted octanol–water partition coefficient (Wildman–Crippen LogP) is 1.90. The van der Waals surface area contributed by atoms with Crippen molar-refractivity contribution in [3.63, 3.8) is 0 Å². The average Bonchev–Trinajstić information content (AvgIpc) is 2.34. The summed E-state index contributed by atoms with van der Waals surface area (Å²) in [5, 5.41) is 19.1. The van der Waals surface area contributed by atoms with Crippen molar-refractivity contribution in [1.29, 1.82) is 0 Å². The van der Waals surface area contributed by atoms with Crippen molar-refractivity contribution >= 4 is 0 Å². The molecule has 4 heteroatoms. The molecule has 1 aromatic carbocycles. The summed E-state index contributed by atoms with van der Waals surface area (Å²) in [5.41, 5.74) is 0.792. The van der Waals surface area contributed by atoms with E-state index in [9.17, 15) is 10.2 Å². The van der Waals surface area contributed by atoms with Crippen LogP contribution in [0.2, 0.25) is 0 Å². The number of rotatable bonds is 7. The molecule has 18 heavy (non-hydrogen) atoms. The number of hydrogen-bond acceptors (Lipinski definition) is 4. The number of aliphatic hydroxyl groups is 2. The molecule has 0 aromatic heterocycles. The fraction of sp³-hybridized carbons (Fsp3) is 0.571. The van der Waals surface area contributed by atoms with E-state index in [-0.39, 0.29) is 19.3 Å². The van der Waals surface area contributed by atoms with Crippen LogP contribution in [0, 0.1) is 0 Å². The molecule has 0 amide bonds. The average molecular weight is 254 g/mol. The minimum atomic E-state index is -0.650. The van der Waals surface area contributed by atoms with Crippen molar-refractivity contribution in [2.24, 2.45) is 0 Å². The van der Waals surface area contributed by atoms with E-state index in [1.165, 1.54) is 0 Å². The van der Waals surface area contributed by atoms with Crippen molar-refractivity contribution in [2.45, 2.75) is 39.1 Å². The van der Waals surface area contributed by atoms with Crippen LogP contribution in [-0.4, -0.2) is 35.6 Å². The molecule has 0 saturated heterocycles. The Morgan fingerprint density at radius 3 is 2.44 bits per heavy atom. The van der Waals surface area contributed by atoms with E-state index in [0.29, 0.717) is 5.75 Å². The van der Waals surface area contributed by atoms with Gasteiger partial charge in [0.15, 0.2) is 0 Å². The van der Waals surface area contributed by atoms with Gasteiger partial charge in [-0.05, 0) is 38.5 Å². The highest BCUT2D eigenvalue weighted by Crippen LogP contribution is 2.18. The fourth-order valence-electron chi connectivity index (χ4n) is 1.41. The Labute approximate surface area is 108 Å². The Kier molecular flexibility index (Phi) is 6.12. The summed E-state index contributed by atoms with van der Waals surface area (Å²) in [6, 6.07) is 7.20. The monoisotopic (exact) mass is 254 g/mol. The van der Waals surface area contributed by atoms with Crippen molar-refractivity contribution in [1.82, 2.24) is 0 Å². The number of aliphatic hydroxyl groups excluding tert-OH is 2. The van der Waals surface area contributed by atoms with E-state index in [1.807, 2.05) is 26.0 Å². The fourth-order valence-corrected chi connectivity index (χ4v) is 1.41. The molecule has 0 spiro atoms. The van der Waals surface area contributed by atoms with E-state index in [2.05, 4.69) is 0 Å². The molecule has 0 heterocycles. The molecule has 2 atom stereocenters. The first-order valence-electron chi connectivity index (χ1n) is 6.19. The third kappa shape index (κ3) is 5.49. The van der Waals surface area contributed by atoms with Crippen molar-refractivity contribution in [2.75, 3.05) is 13.2 Å². The number of hydrogen-bond donors (Lipinski definition) is 2. The number of ether oxygens (including phenoxy) is 2. The Morgan fingerprint density at radius 1 is 1.11 bits per heavy atom. The zero-order valence-corrected chi connectivity index (χ0v) is 11.2. The highest BCUT2D eigenvalue weighted by molar-refractivity contribution is 5.29. The molecule has 2 N–H and O–H groups in total. The molecular formula is C14H22O4. The van der Waals surface area contributed by atoms with E-state index in [1.54, 1.807) is 19.1 Å². The SMILES string of the molecule is CC(C)OCC(O)COc1cccc([C@H](C)O)c1. The second-order valence-corrected chi connectivity index (χ2v) is 4.60. The molecule has 0 fully saturated rings. The quantitative estimate of drug-likeness (QED) is 0.780. The lowest BCUT2D eigenvalue weighted by Crippen LogP contribution is -2.25. The summed E-state index contributed by atoms with van der Waals surface area (Å²) in [7, 11) is 0. The minimum Gasteiger partial charge on any atom is -0.491 e. The van der Waals surface area contributed by atoms with Crippen LogP contribution >= 0.6 is 0 Å². The summed E-state index contributed by atoms with van der Waals surface area (Å²) < 4.78 is 10.7. The first kappa shape index (κ1) is 15.0. The van der Waals surface area contributed by atoms with E-state index in [4.69, 9.17) is 9.47 Å². The van der Waals surface area contributed by atoms with Crippen LogP contribution in [0.5, 0.6) is 5.75 Å². The van der Waals surface area contributed by atoms with Gasteiger partial charge in [-0.2, -0.15) is 0 Å². The van der Waals surface area contributed by atoms with Crippen molar-refractivity contribution < 1.29 is 19.7 Å². The van der Waals surface area contributed by atoms with Crippen LogP contribution < -0.4 is 4.74 Å². The van der Waals surface area contributed by atoms with Crippen LogP contribution in [-0.2, 0) is 4.74 Å². The zero-order chi connectivity index (χ0) is 13.5. The maximum atomic E-state index is 9.64. The predicted molar refractivity (Wildman–Crippen MR) is 69.7 cm³/mol. The summed E-state index contributed by atoms with van der Waals surface area (Å²) in [4.78, 5) is 0. The lowest BCUT2D eigenvalue weighted by molar-refractivity contribution is -0.0123. The van der Waals surface area contributed by atoms with Gasteiger partial charge in [0.05, 0.1) is 18.8 Å². The summed E-state index contributed by atoms with van der Waals surface area (Å²) >= 11 is 0. The third-order valence-electron chi connectivity index (χ3n) is 2.40. The zero-order valence-electron chi connectivity index (χ0n) is 11.2. The molecule has 0 aliphatic carbocycles. The molecule has 1 rings (SSSR count). The Morgan fingerprint density at radius 2 is 1.83 bits per heavy atom. The van der Waals surface area contributed by atoms with Crippen molar-refractivity contribution in [3.8, 4) is 5.75 Å². The minimum absolute atomic E-state index is 0.0956. The molecule has 0 aliphatic rings. The van der Waals surface area contributed by atoms with Crippen LogP contribution in [0.4, 0.5) is 0 Å². The van der Waals surface area contributed by atoms with Gasteiger partial charge in [-0.3, -0.25) is 0 Å². The molecular weight excluding hydrogens is 232 g/mol. The topological polar surface area (TPSA) is 58.9 Å². The maximum Gasteiger partial charge on any atom is 0.119 e. The van der Waals surface area contributed by atoms with E-state index in [0.717, 1.165) is 5.56 Å². The lowest BCUT2D eigenvalue weighted by Gasteiger charge is -2.15. The molecule has 0 saturated carbocycles. The second-order valence-electron chi connectivity index (χ2n) is 4.60. The smallest absolute Gasteiger partial charge is 0.119 e. The van der Waals surface area contributed by atoms with Gasteiger partial charge < -0.3 is 19.7 Å². The summed E-state index contributed by atoms with van der Waals surface area (Å²) in [6.07, 6.45) is -1.08. The van der Waals surface area contributed by atoms with E-state index < -0.39 is 12.2 Å². The normalized spacial score (nSPS) is 14.6. The molecule has 102 valence electrons. The largest absolute Gasteiger partial charge is 0.491 e. The summed E-state index contributed by atoms with van der Waals surface area (Å²) in [6.45, 7) is 5.97. The van der Waals surface area contributed by atoms with Gasteiger partial charge in [0.2, 0.25) is 0 Å². The molecule has 0 bridgehead atoms. The summed E-state index contributed by atoms with van der Waals surface area (Å²) in [5.74, 6) is 0.636. The van der Waals surface area contributed by atoms with Gasteiger partial charge in [0.25, 0.3) is 0 Å². The van der Waals surface area contributed by atoms with Crippen LogP contribution in [0.25, 0.3) is 0 Å². The van der Waals surface area contributed by atoms with Gasteiger partial charge in [-0.1, -0.05) is 12.1 Å². The first-order valence-corrected chi connectivity index (χ1v) is 6.19. The Balaban J connectivity index is 2.40. The molecule has 1 unspecified atom stereocenters. The van der Waals surface area contributed by atoms with Gasteiger partial charge in [-0.25, -0.2) is 0 Å². The van der Waals surface area contributed by atoms with Gasteiger partial charge in [0, 0.05) is 0 Å². The highest BCUT2D eigenvalue weighted by atomic mass is 16.5. The highest BCUT2D eigenvalue weighted by Gasteiger charge is 2.08. The van der Waals surface area contributed by atoms with Gasteiger partial charge >= 0.3 is 0 Å². The third-order valence-corrected chi connectivity index (χ3v) is 2.40. The Bertz CT molecular complexity index is 349. The molecule has 4 nitrogen and oxygen atoms in total. The number of benzene rings is 1. The standard InChI is InChI=1S/C14H22O4/c1-10(2)17-8-13(16)9-18-14-6-4-5-12(7-14)11(3)15/h4-7,10-11,13,15-16H,8-9H2,1-3H3/t11-,13?/m0/s1. The molecule has 0 radical (unpaired) electrons. The first-order chi connectivity index (χ1) is 8.49. The maximum absolute atomic E-state index is 9.64. The van der Waals surface area contributed by atoms with E-state index >= 15 is 0 Å². The molecule has 0 aliphatic heterocycles. The van der Waals surface area contributed by atoms with Crippen LogP contribution in [0.15, 0.2) is 24.3 Å². The van der Waals surface area contributed by atoms with Gasteiger partial charge in [-0.15, -0.1) is 0 Å². The van der Waals surface area contributed by atoms with Crippen molar-refractivity contribution in [3.05, 3.63) is 29.8 Å². The molecule has 1 aromatic rings. The lowest BCUT2D eigenvalue weighted by atomic mass is 10.1. The Hall–Kier alpha value is -1.10. The van der Waals surface area contributed by atoms with Gasteiger partial charge in [0.1, 0.15) is 18.5 Å². The van der Waals surface area contributed by atoms with Crippen LogP contribution in [0.3, 0.4) is 0 Å². The van der Waals surface area contributed by atoms with Crippen LogP contribution in [0.1, 0.15) is 32.4 Å².